The SMILES string of the molecule is COC(=O)N[C@H](C(=O)N[C@@H](C)c1ncc(C2CCN(c3c(F)cc(-c4cnc([C@@H]5CCCN5C(=O)[C@@H](NC(=O)OC)C(C)C)[nH]4)cc3F)CC2)[nH]1)C(C)C. The van der Waals surface area contributed by atoms with Gasteiger partial charge < -0.3 is 45.2 Å². The zero-order valence-corrected chi connectivity index (χ0v) is 31.8. The van der Waals surface area contributed by atoms with Crippen LogP contribution in [0.2, 0.25) is 0 Å². The lowest BCUT2D eigenvalue weighted by Gasteiger charge is -2.33. The van der Waals surface area contributed by atoms with Gasteiger partial charge in [-0.2, -0.15) is 0 Å². The lowest BCUT2D eigenvalue weighted by Crippen LogP contribution is -2.51. The van der Waals surface area contributed by atoms with Gasteiger partial charge in [-0.1, -0.05) is 27.7 Å². The highest BCUT2D eigenvalue weighted by Crippen LogP contribution is 2.36. The number of anilines is 1. The molecular formula is C37H51F2N9O6. The first-order valence-corrected chi connectivity index (χ1v) is 18.4. The van der Waals surface area contributed by atoms with E-state index in [-0.39, 0.29) is 46.9 Å². The maximum Gasteiger partial charge on any atom is 0.407 e. The molecule has 2 saturated heterocycles. The molecule has 3 aromatic rings. The third kappa shape index (κ3) is 8.93. The van der Waals surface area contributed by atoms with Crippen molar-refractivity contribution in [1.82, 2.24) is 40.8 Å². The number of benzene rings is 1. The van der Waals surface area contributed by atoms with Gasteiger partial charge in [0.2, 0.25) is 11.8 Å². The monoisotopic (exact) mass is 755 g/mol. The van der Waals surface area contributed by atoms with Crippen molar-refractivity contribution in [3.05, 3.63) is 53.5 Å². The number of alkyl carbamates (subject to hydrolysis) is 2. The number of ether oxygens (including phenoxy) is 2. The topological polar surface area (TPSA) is 187 Å². The first-order chi connectivity index (χ1) is 25.7. The maximum absolute atomic E-state index is 15.7. The first kappa shape index (κ1) is 40.0. The molecule has 2 aliphatic rings. The van der Waals surface area contributed by atoms with E-state index in [1.165, 1.54) is 32.5 Å². The molecule has 2 fully saturated rings. The van der Waals surface area contributed by atoms with E-state index in [0.29, 0.717) is 56.2 Å². The van der Waals surface area contributed by atoms with Gasteiger partial charge in [0.25, 0.3) is 0 Å². The minimum Gasteiger partial charge on any atom is -0.453 e. The number of carbonyl (C=O) groups is 4. The summed E-state index contributed by atoms with van der Waals surface area (Å²) < 4.78 is 40.7. The molecule has 15 nitrogen and oxygen atoms in total. The summed E-state index contributed by atoms with van der Waals surface area (Å²) in [7, 11) is 2.48. The number of aromatic amines is 2. The van der Waals surface area contributed by atoms with E-state index in [1.54, 1.807) is 22.9 Å². The highest BCUT2D eigenvalue weighted by Gasteiger charge is 2.38. The van der Waals surface area contributed by atoms with E-state index in [1.807, 2.05) is 27.7 Å². The van der Waals surface area contributed by atoms with Crippen LogP contribution in [0.3, 0.4) is 0 Å². The third-order valence-corrected chi connectivity index (χ3v) is 10.2. The van der Waals surface area contributed by atoms with Crippen LogP contribution in [0.1, 0.15) is 95.6 Å². The molecule has 0 unspecified atom stereocenters. The van der Waals surface area contributed by atoms with Gasteiger partial charge in [0.05, 0.1) is 38.2 Å². The first-order valence-electron chi connectivity index (χ1n) is 18.4. The number of H-pyrrole nitrogens is 2. The number of hydrogen-bond acceptors (Lipinski definition) is 9. The molecule has 0 radical (unpaired) electrons. The standard InChI is InChI=1S/C37H51F2N9O6/c1-19(2)29(45-36(51)53-6)34(49)42-21(5)32-40-17-26(43-32)22-10-13-47(14-11-22)31-24(38)15-23(16-25(31)39)27-18-41-33(44-27)28-9-8-12-48(28)35(50)30(20(3)4)46-37(52)54-7/h15-22,28-30H,8-14H2,1-7H3,(H,40,43)(H,41,44)(H,42,49)(H,45,51)(H,46,52)/t21-,28-,29-,30-/m0/s1. The van der Waals surface area contributed by atoms with Gasteiger partial charge in [-0.15, -0.1) is 0 Å². The van der Waals surface area contributed by atoms with Gasteiger partial charge in [-0.3, -0.25) is 9.59 Å². The van der Waals surface area contributed by atoms with Gasteiger partial charge in [0, 0.05) is 43.0 Å². The molecule has 0 spiro atoms. The number of halogens is 2. The Labute approximate surface area is 313 Å². The van der Waals surface area contributed by atoms with Crippen molar-refractivity contribution >= 4 is 29.7 Å². The molecule has 17 heteroatoms. The number of hydrogen-bond donors (Lipinski definition) is 5. The lowest BCUT2D eigenvalue weighted by molar-refractivity contribution is -0.135. The van der Waals surface area contributed by atoms with E-state index < -0.39 is 41.9 Å². The van der Waals surface area contributed by atoms with E-state index in [0.717, 1.165) is 12.1 Å². The average molecular weight is 756 g/mol. The molecule has 2 aliphatic heterocycles. The highest BCUT2D eigenvalue weighted by molar-refractivity contribution is 5.87. The molecule has 0 saturated carbocycles. The average Bonchev–Trinajstić information content (AvgIpc) is 3.93. The number of imidazole rings is 2. The van der Waals surface area contributed by atoms with Crippen molar-refractivity contribution in [2.24, 2.45) is 11.8 Å². The van der Waals surface area contributed by atoms with Crippen LogP contribution in [0.25, 0.3) is 11.3 Å². The van der Waals surface area contributed by atoms with Crippen LogP contribution in [0, 0.1) is 23.5 Å². The van der Waals surface area contributed by atoms with Gasteiger partial charge in [-0.25, -0.2) is 28.3 Å². The Kier molecular flexibility index (Phi) is 12.8. The summed E-state index contributed by atoms with van der Waals surface area (Å²) in [6.45, 7) is 10.4. The molecule has 4 heterocycles. The third-order valence-electron chi connectivity index (χ3n) is 10.2. The number of carbonyl (C=O) groups excluding carboxylic acids is 4. The van der Waals surface area contributed by atoms with Crippen LogP contribution in [0.4, 0.5) is 24.1 Å². The highest BCUT2D eigenvalue weighted by atomic mass is 19.1. The molecule has 4 atom stereocenters. The van der Waals surface area contributed by atoms with E-state index >= 15 is 8.78 Å². The van der Waals surface area contributed by atoms with Crippen molar-refractivity contribution in [2.75, 3.05) is 38.8 Å². The van der Waals surface area contributed by atoms with Crippen molar-refractivity contribution in [3.63, 3.8) is 0 Å². The van der Waals surface area contributed by atoms with Crippen LogP contribution >= 0.6 is 0 Å². The number of rotatable bonds is 12. The molecule has 0 bridgehead atoms. The fraction of sp³-hybridized carbons (Fsp3) is 0.568. The fourth-order valence-corrected chi connectivity index (χ4v) is 7.15. The van der Waals surface area contributed by atoms with Crippen molar-refractivity contribution in [2.45, 2.75) is 90.4 Å². The zero-order chi connectivity index (χ0) is 39.3. The fourth-order valence-electron chi connectivity index (χ4n) is 7.15. The molecule has 4 amide bonds. The number of nitrogens with one attached hydrogen (secondary N) is 5. The largest absolute Gasteiger partial charge is 0.453 e. The normalized spacial score (nSPS) is 18.0. The van der Waals surface area contributed by atoms with Gasteiger partial charge >= 0.3 is 12.2 Å². The van der Waals surface area contributed by atoms with Gasteiger partial charge in [0.15, 0.2) is 0 Å². The number of piperidine rings is 1. The zero-order valence-electron chi connectivity index (χ0n) is 31.8. The summed E-state index contributed by atoms with van der Waals surface area (Å²) in [6.07, 6.45) is 4.47. The van der Waals surface area contributed by atoms with Crippen LogP contribution in [-0.2, 0) is 19.1 Å². The second-order valence-electron chi connectivity index (χ2n) is 14.6. The molecule has 1 aromatic carbocycles. The lowest BCUT2D eigenvalue weighted by atomic mass is 9.93. The minimum absolute atomic E-state index is 0.0673. The van der Waals surface area contributed by atoms with E-state index in [4.69, 9.17) is 4.74 Å². The Morgan fingerprint density at radius 3 is 2.02 bits per heavy atom. The van der Waals surface area contributed by atoms with Crippen molar-refractivity contribution < 1.29 is 37.4 Å². The quantitative estimate of drug-likeness (QED) is 0.168. The Morgan fingerprint density at radius 2 is 1.43 bits per heavy atom. The summed E-state index contributed by atoms with van der Waals surface area (Å²) in [5.41, 5.74) is 1.48. The number of amides is 4. The summed E-state index contributed by atoms with van der Waals surface area (Å²) in [6, 6.07) is 0.156. The van der Waals surface area contributed by atoms with E-state index in [9.17, 15) is 19.2 Å². The molecule has 0 aliphatic carbocycles. The number of nitrogens with zero attached hydrogens (tertiary/aromatic N) is 4. The molecule has 5 rings (SSSR count). The number of methoxy groups -OCH3 is 2. The van der Waals surface area contributed by atoms with E-state index in [2.05, 4.69) is 40.6 Å². The predicted octanol–water partition coefficient (Wildman–Crippen LogP) is 5.06. The maximum atomic E-state index is 15.7. The molecule has 294 valence electrons. The Balaban J connectivity index is 1.21. The number of likely N-dealkylation sites (tertiary alicyclic amines) is 1. The summed E-state index contributed by atoms with van der Waals surface area (Å²) in [5, 5.41) is 8.06. The Hall–Kier alpha value is -5.22. The van der Waals surface area contributed by atoms with Gasteiger partial charge in [0.1, 0.15) is 41.1 Å². The molecule has 5 N–H and O–H groups in total. The van der Waals surface area contributed by atoms with Crippen LogP contribution < -0.4 is 20.9 Å². The van der Waals surface area contributed by atoms with Crippen molar-refractivity contribution in [1.29, 1.82) is 0 Å². The summed E-state index contributed by atoms with van der Waals surface area (Å²) >= 11 is 0. The number of aromatic nitrogens is 4. The van der Waals surface area contributed by atoms with Gasteiger partial charge in [-0.05, 0) is 56.6 Å². The summed E-state index contributed by atoms with van der Waals surface area (Å²) in [4.78, 5) is 68.8. The second kappa shape index (κ2) is 17.3. The van der Waals surface area contributed by atoms with Crippen LogP contribution in [-0.4, -0.2) is 94.8 Å². The smallest absolute Gasteiger partial charge is 0.407 e. The molecule has 2 aromatic heterocycles. The Morgan fingerprint density at radius 1 is 0.815 bits per heavy atom. The molecule has 54 heavy (non-hydrogen) atoms. The summed E-state index contributed by atoms with van der Waals surface area (Å²) in [5.74, 6) is -1.24. The second-order valence-corrected chi connectivity index (χ2v) is 14.6. The van der Waals surface area contributed by atoms with Crippen LogP contribution in [0.15, 0.2) is 24.5 Å². The minimum atomic E-state index is -0.785. The van der Waals surface area contributed by atoms with Crippen LogP contribution in [0.5, 0.6) is 0 Å². The Bertz CT molecular complexity index is 1780. The van der Waals surface area contributed by atoms with Crippen molar-refractivity contribution in [3.8, 4) is 11.3 Å². The predicted molar refractivity (Wildman–Crippen MR) is 195 cm³/mol. The molecular weight excluding hydrogens is 704 g/mol.